The summed E-state index contributed by atoms with van der Waals surface area (Å²) in [5, 5.41) is 11.9. The molecule has 0 unspecified atom stereocenters. The van der Waals surface area contributed by atoms with Crippen LogP contribution < -0.4 is 5.32 Å². The molecule has 2 N–H and O–H groups in total. The number of aliphatic hydroxyl groups excluding tert-OH is 1. The predicted octanol–water partition coefficient (Wildman–Crippen LogP) is 3.30. The number of nitrogens with zero attached hydrogens (tertiary/aromatic N) is 1. The normalized spacial score (nSPS) is 11.8. The zero-order valence-corrected chi connectivity index (χ0v) is 14.6. The number of hydrogen-bond acceptors (Lipinski definition) is 5. The Hall–Kier alpha value is -1.11. The highest BCUT2D eigenvalue weighted by Gasteiger charge is 2.18. The van der Waals surface area contributed by atoms with E-state index in [2.05, 4.69) is 16.4 Å². The number of aliphatic hydroxyl groups is 1. The first kappa shape index (κ1) is 17.2. The molecule has 1 aromatic carbocycles. The van der Waals surface area contributed by atoms with Crippen LogP contribution in [-0.4, -0.2) is 34.9 Å². The summed E-state index contributed by atoms with van der Waals surface area (Å²) < 4.78 is 2.19. The number of thioether (sulfide) groups is 1. The Morgan fingerprint density at radius 2 is 2.18 bits per heavy atom. The number of para-hydroxylation sites is 1. The maximum atomic E-state index is 11.9. The van der Waals surface area contributed by atoms with Gasteiger partial charge in [0.1, 0.15) is 0 Å². The van der Waals surface area contributed by atoms with E-state index < -0.39 is 0 Å². The van der Waals surface area contributed by atoms with Gasteiger partial charge < -0.3 is 10.4 Å². The standard InChI is InChI=1S/C16H22N2O2S2/c1-16(2,8-9-19)11-17-14(20)7-10-21-15-18-12-5-3-4-6-13(12)22-15/h3-6,19H,7-11H2,1-2H3,(H,17,20). The van der Waals surface area contributed by atoms with E-state index in [0.29, 0.717) is 19.4 Å². The van der Waals surface area contributed by atoms with Gasteiger partial charge in [0.15, 0.2) is 4.34 Å². The molecule has 120 valence electrons. The van der Waals surface area contributed by atoms with E-state index in [-0.39, 0.29) is 17.9 Å². The van der Waals surface area contributed by atoms with Crippen LogP contribution in [0.5, 0.6) is 0 Å². The second-order valence-corrected chi connectivity index (χ2v) is 8.33. The Balaban J connectivity index is 1.72. The highest BCUT2D eigenvalue weighted by Crippen LogP contribution is 2.29. The molecule has 22 heavy (non-hydrogen) atoms. The van der Waals surface area contributed by atoms with Crippen molar-refractivity contribution in [1.82, 2.24) is 10.3 Å². The van der Waals surface area contributed by atoms with Gasteiger partial charge in [-0.25, -0.2) is 4.98 Å². The monoisotopic (exact) mass is 338 g/mol. The van der Waals surface area contributed by atoms with Crippen LogP contribution in [0.3, 0.4) is 0 Å². The van der Waals surface area contributed by atoms with E-state index in [4.69, 9.17) is 5.11 Å². The molecule has 6 heteroatoms. The van der Waals surface area contributed by atoms with E-state index in [9.17, 15) is 4.79 Å². The number of benzene rings is 1. The van der Waals surface area contributed by atoms with Crippen LogP contribution in [-0.2, 0) is 4.79 Å². The van der Waals surface area contributed by atoms with Gasteiger partial charge in [-0.2, -0.15) is 0 Å². The van der Waals surface area contributed by atoms with Gasteiger partial charge in [0.25, 0.3) is 0 Å². The van der Waals surface area contributed by atoms with Gasteiger partial charge >= 0.3 is 0 Å². The Morgan fingerprint density at radius 3 is 2.91 bits per heavy atom. The Kier molecular flexibility index (Phi) is 6.23. The van der Waals surface area contributed by atoms with E-state index in [1.54, 1.807) is 23.1 Å². The molecule has 0 saturated heterocycles. The van der Waals surface area contributed by atoms with Crippen LogP contribution in [0.4, 0.5) is 0 Å². The highest BCUT2D eigenvalue weighted by molar-refractivity contribution is 8.01. The molecule has 2 rings (SSSR count). The van der Waals surface area contributed by atoms with Crippen molar-refractivity contribution >= 4 is 39.2 Å². The van der Waals surface area contributed by atoms with E-state index in [1.807, 2.05) is 32.0 Å². The minimum absolute atomic E-state index is 0.0552. The summed E-state index contributed by atoms with van der Waals surface area (Å²) in [7, 11) is 0. The molecule has 0 aliphatic rings. The Morgan fingerprint density at radius 1 is 1.41 bits per heavy atom. The van der Waals surface area contributed by atoms with E-state index in [0.717, 1.165) is 15.6 Å². The minimum atomic E-state index is -0.0649. The molecule has 0 radical (unpaired) electrons. The van der Waals surface area contributed by atoms with Gasteiger partial charge in [-0.15, -0.1) is 11.3 Å². The number of carbonyl (C=O) groups excluding carboxylic acids is 1. The molecule has 0 aliphatic heterocycles. The summed E-state index contributed by atoms with van der Waals surface area (Å²) in [5.74, 6) is 0.783. The van der Waals surface area contributed by atoms with Crippen molar-refractivity contribution in [3.63, 3.8) is 0 Å². The summed E-state index contributed by atoms with van der Waals surface area (Å²) in [4.78, 5) is 16.4. The van der Waals surface area contributed by atoms with Crippen LogP contribution >= 0.6 is 23.1 Å². The largest absolute Gasteiger partial charge is 0.396 e. The maximum Gasteiger partial charge on any atom is 0.220 e. The highest BCUT2D eigenvalue weighted by atomic mass is 32.2. The average molecular weight is 338 g/mol. The van der Waals surface area contributed by atoms with Gasteiger partial charge in [-0.3, -0.25) is 4.79 Å². The van der Waals surface area contributed by atoms with Crippen molar-refractivity contribution in [1.29, 1.82) is 0 Å². The molecule has 0 spiro atoms. The van der Waals surface area contributed by atoms with Crippen LogP contribution in [0.1, 0.15) is 26.7 Å². The van der Waals surface area contributed by atoms with Crippen molar-refractivity contribution in [3.8, 4) is 0 Å². The molecule has 0 aliphatic carbocycles. The molecular weight excluding hydrogens is 316 g/mol. The van der Waals surface area contributed by atoms with Gasteiger partial charge in [-0.05, 0) is 24.0 Å². The molecule has 0 saturated carbocycles. The zero-order valence-electron chi connectivity index (χ0n) is 13.0. The smallest absolute Gasteiger partial charge is 0.220 e. The summed E-state index contributed by atoms with van der Waals surface area (Å²) in [6.07, 6.45) is 1.17. The Bertz CT molecular complexity index is 592. The molecule has 4 nitrogen and oxygen atoms in total. The lowest BCUT2D eigenvalue weighted by Gasteiger charge is -2.23. The number of hydrogen-bond donors (Lipinski definition) is 2. The van der Waals surface area contributed by atoms with Crippen LogP contribution in [0.15, 0.2) is 28.6 Å². The summed E-state index contributed by atoms with van der Waals surface area (Å²) in [6.45, 7) is 4.83. The van der Waals surface area contributed by atoms with Gasteiger partial charge in [-0.1, -0.05) is 37.7 Å². The fourth-order valence-corrected chi connectivity index (χ4v) is 4.04. The molecule has 0 bridgehead atoms. The van der Waals surface area contributed by atoms with Crippen LogP contribution in [0, 0.1) is 5.41 Å². The molecular formula is C16H22N2O2S2. The second kappa shape index (κ2) is 7.94. The Labute approximate surface area is 139 Å². The number of aromatic nitrogens is 1. The number of carbonyl (C=O) groups is 1. The van der Waals surface area contributed by atoms with Crippen molar-refractivity contribution in [2.24, 2.45) is 5.41 Å². The number of thiazole rings is 1. The number of fused-ring (bicyclic) bond motifs is 1. The molecule has 1 amide bonds. The third kappa shape index (κ3) is 5.26. The average Bonchev–Trinajstić information content (AvgIpc) is 2.88. The third-order valence-corrected chi connectivity index (χ3v) is 5.56. The zero-order chi connectivity index (χ0) is 16.0. The lowest BCUT2D eigenvalue weighted by atomic mass is 9.90. The summed E-state index contributed by atoms with van der Waals surface area (Å²) in [5.41, 5.74) is 0.954. The van der Waals surface area contributed by atoms with Crippen molar-refractivity contribution in [3.05, 3.63) is 24.3 Å². The first-order valence-electron chi connectivity index (χ1n) is 7.36. The molecule has 1 heterocycles. The maximum absolute atomic E-state index is 11.9. The van der Waals surface area contributed by atoms with Crippen molar-refractivity contribution in [2.75, 3.05) is 18.9 Å². The lowest BCUT2D eigenvalue weighted by molar-refractivity contribution is -0.121. The van der Waals surface area contributed by atoms with E-state index >= 15 is 0 Å². The number of amides is 1. The third-order valence-electron chi connectivity index (χ3n) is 3.38. The summed E-state index contributed by atoms with van der Waals surface area (Å²) in [6, 6.07) is 8.06. The fraction of sp³-hybridized carbons (Fsp3) is 0.500. The minimum Gasteiger partial charge on any atom is -0.396 e. The SMILES string of the molecule is CC(C)(CCO)CNC(=O)CCSc1nc2ccccc2s1. The molecule has 0 atom stereocenters. The van der Waals surface area contributed by atoms with Gasteiger partial charge in [0.05, 0.1) is 10.2 Å². The molecule has 1 aromatic heterocycles. The number of nitrogens with one attached hydrogen (secondary N) is 1. The molecule has 2 aromatic rings. The van der Waals surface area contributed by atoms with Crippen LogP contribution in [0.2, 0.25) is 0 Å². The van der Waals surface area contributed by atoms with Crippen molar-refractivity contribution in [2.45, 2.75) is 31.0 Å². The first-order valence-corrected chi connectivity index (χ1v) is 9.16. The van der Waals surface area contributed by atoms with Crippen LogP contribution in [0.25, 0.3) is 10.2 Å². The topological polar surface area (TPSA) is 62.2 Å². The predicted molar refractivity (Wildman–Crippen MR) is 93.5 cm³/mol. The lowest BCUT2D eigenvalue weighted by Crippen LogP contribution is -2.34. The summed E-state index contributed by atoms with van der Waals surface area (Å²) >= 11 is 3.29. The van der Waals surface area contributed by atoms with Gasteiger partial charge in [0, 0.05) is 25.3 Å². The quantitative estimate of drug-likeness (QED) is 0.725. The first-order chi connectivity index (χ1) is 10.5. The second-order valence-electron chi connectivity index (χ2n) is 5.96. The number of rotatable bonds is 8. The molecule has 0 fully saturated rings. The van der Waals surface area contributed by atoms with Crippen molar-refractivity contribution < 1.29 is 9.90 Å². The van der Waals surface area contributed by atoms with Gasteiger partial charge in [0.2, 0.25) is 5.91 Å². The fourth-order valence-electron chi connectivity index (χ4n) is 1.96. The van der Waals surface area contributed by atoms with E-state index in [1.165, 1.54) is 4.70 Å².